The van der Waals surface area contributed by atoms with E-state index in [1.807, 2.05) is 84.5 Å². The Hall–Kier alpha value is -2.81. The number of thioether (sulfide) groups is 1. The molecule has 0 aliphatic rings. The fourth-order valence-corrected chi connectivity index (χ4v) is 4.95. The summed E-state index contributed by atoms with van der Waals surface area (Å²) in [5.41, 5.74) is 1.62. The number of ether oxygens (including phenoxy) is 1. The molecule has 2 aromatic heterocycles. The lowest BCUT2D eigenvalue weighted by Gasteiger charge is -2.14. The first kappa shape index (κ1) is 23.4. The molecular weight excluding hydrogens is 476 g/mol. The Bertz CT molecular complexity index is 1210. The summed E-state index contributed by atoms with van der Waals surface area (Å²) in [6, 6.07) is 19.2. The van der Waals surface area contributed by atoms with Crippen molar-refractivity contribution in [3.05, 3.63) is 75.9 Å². The lowest BCUT2D eigenvalue weighted by atomic mass is 10.2. The minimum absolute atomic E-state index is 0.0612. The maximum absolute atomic E-state index is 12.7. The van der Waals surface area contributed by atoms with Gasteiger partial charge in [-0.2, -0.15) is 0 Å². The van der Waals surface area contributed by atoms with Gasteiger partial charge in [-0.15, -0.1) is 21.5 Å². The summed E-state index contributed by atoms with van der Waals surface area (Å²) in [6.07, 6.45) is 0. The van der Waals surface area contributed by atoms with E-state index in [2.05, 4.69) is 15.5 Å². The molecule has 1 unspecified atom stereocenters. The molecule has 1 atom stereocenters. The van der Waals surface area contributed by atoms with Crippen molar-refractivity contribution in [3.8, 4) is 22.8 Å². The molecular formula is C24H23ClN4O2S2. The monoisotopic (exact) mass is 498 g/mol. The second-order valence-corrected chi connectivity index (χ2v) is 9.85. The van der Waals surface area contributed by atoms with Crippen LogP contribution in [0.5, 0.6) is 5.75 Å². The number of hydrogen-bond donors (Lipinski definition) is 1. The smallest absolute Gasteiger partial charge is 0.233 e. The molecule has 9 heteroatoms. The second kappa shape index (κ2) is 10.9. The van der Waals surface area contributed by atoms with Gasteiger partial charge in [0, 0.05) is 16.1 Å². The Morgan fingerprint density at radius 2 is 1.94 bits per heavy atom. The Labute approximate surface area is 206 Å². The summed E-state index contributed by atoms with van der Waals surface area (Å²) in [7, 11) is 0. The highest BCUT2D eigenvalue weighted by Gasteiger charge is 2.22. The largest absolute Gasteiger partial charge is 0.494 e. The number of amides is 1. The van der Waals surface area contributed by atoms with Crippen molar-refractivity contribution in [2.45, 2.75) is 30.8 Å². The molecule has 0 spiro atoms. The molecule has 170 valence electrons. The fourth-order valence-electron chi connectivity index (χ4n) is 3.20. The number of nitrogens with one attached hydrogen (secondary N) is 1. The number of nitrogens with zero attached hydrogens (tertiary/aromatic N) is 3. The zero-order valence-electron chi connectivity index (χ0n) is 18.2. The summed E-state index contributed by atoms with van der Waals surface area (Å²) < 4.78 is 7.50. The maximum Gasteiger partial charge on any atom is 0.233 e. The lowest BCUT2D eigenvalue weighted by molar-refractivity contribution is -0.120. The van der Waals surface area contributed by atoms with Crippen LogP contribution in [0.15, 0.2) is 71.2 Å². The van der Waals surface area contributed by atoms with Crippen molar-refractivity contribution in [2.75, 3.05) is 6.61 Å². The highest BCUT2D eigenvalue weighted by molar-refractivity contribution is 8.00. The summed E-state index contributed by atoms with van der Waals surface area (Å²) in [4.78, 5) is 13.8. The highest BCUT2D eigenvalue weighted by atomic mass is 35.5. The van der Waals surface area contributed by atoms with Gasteiger partial charge in [-0.1, -0.05) is 41.6 Å². The quantitative estimate of drug-likeness (QED) is 0.293. The van der Waals surface area contributed by atoms with Crippen LogP contribution in [0.2, 0.25) is 5.02 Å². The van der Waals surface area contributed by atoms with Gasteiger partial charge in [-0.3, -0.25) is 9.36 Å². The SMILES string of the molecule is CCOc1ccc(-n2c(SC(C)C(=O)NCc3cccs3)nnc2-c2ccccc2Cl)cc1. The Kier molecular flexibility index (Phi) is 7.69. The van der Waals surface area contributed by atoms with E-state index in [1.165, 1.54) is 11.8 Å². The lowest BCUT2D eigenvalue weighted by Crippen LogP contribution is -2.30. The highest BCUT2D eigenvalue weighted by Crippen LogP contribution is 2.33. The van der Waals surface area contributed by atoms with Crippen LogP contribution in [-0.2, 0) is 11.3 Å². The van der Waals surface area contributed by atoms with Crippen LogP contribution in [0.3, 0.4) is 0 Å². The van der Waals surface area contributed by atoms with Gasteiger partial charge in [-0.25, -0.2) is 0 Å². The average Bonchev–Trinajstić information content (AvgIpc) is 3.49. The zero-order valence-corrected chi connectivity index (χ0v) is 20.6. The van der Waals surface area contributed by atoms with Crippen LogP contribution in [0, 0.1) is 0 Å². The van der Waals surface area contributed by atoms with E-state index in [0.29, 0.717) is 29.2 Å². The maximum atomic E-state index is 12.7. The van der Waals surface area contributed by atoms with E-state index in [1.54, 1.807) is 11.3 Å². The summed E-state index contributed by atoms with van der Waals surface area (Å²) in [5, 5.41) is 14.6. The Balaban J connectivity index is 1.63. The Morgan fingerprint density at radius 1 is 1.15 bits per heavy atom. The van der Waals surface area contributed by atoms with Crippen molar-refractivity contribution < 1.29 is 9.53 Å². The van der Waals surface area contributed by atoms with Crippen LogP contribution < -0.4 is 10.1 Å². The van der Waals surface area contributed by atoms with Gasteiger partial charge in [0.05, 0.1) is 23.4 Å². The van der Waals surface area contributed by atoms with Crippen LogP contribution in [0.4, 0.5) is 0 Å². The number of halogens is 1. The van der Waals surface area contributed by atoms with E-state index in [9.17, 15) is 4.79 Å². The van der Waals surface area contributed by atoms with E-state index < -0.39 is 0 Å². The topological polar surface area (TPSA) is 69.0 Å². The molecule has 4 aromatic rings. The molecule has 0 aliphatic carbocycles. The first-order valence-corrected chi connectivity index (χ1v) is 12.6. The van der Waals surface area contributed by atoms with Crippen LogP contribution in [-0.4, -0.2) is 32.5 Å². The number of rotatable bonds is 9. The molecule has 33 heavy (non-hydrogen) atoms. The minimum Gasteiger partial charge on any atom is -0.494 e. The minimum atomic E-state index is -0.366. The predicted octanol–water partition coefficient (Wildman–Crippen LogP) is 5.84. The molecule has 0 fully saturated rings. The third-order valence-corrected chi connectivity index (χ3v) is 7.07. The molecule has 0 radical (unpaired) electrons. The van der Waals surface area contributed by atoms with Gasteiger partial charge >= 0.3 is 0 Å². The molecule has 6 nitrogen and oxygen atoms in total. The zero-order chi connectivity index (χ0) is 23.2. The van der Waals surface area contributed by atoms with Gasteiger partial charge in [0.15, 0.2) is 11.0 Å². The predicted molar refractivity (Wildman–Crippen MR) is 134 cm³/mol. The van der Waals surface area contributed by atoms with E-state index >= 15 is 0 Å². The molecule has 1 amide bonds. The van der Waals surface area contributed by atoms with E-state index in [-0.39, 0.29) is 11.2 Å². The average molecular weight is 499 g/mol. The van der Waals surface area contributed by atoms with Gasteiger partial charge in [-0.05, 0) is 61.7 Å². The molecule has 0 aliphatic heterocycles. The standard InChI is InChI=1S/C24H23ClN4O2S2/c1-3-31-18-12-10-17(11-13-18)29-22(20-8-4-5-9-21(20)25)27-28-24(29)33-16(2)23(30)26-15-19-7-6-14-32-19/h4-14,16H,3,15H2,1-2H3,(H,26,30). The van der Waals surface area contributed by atoms with Crippen molar-refractivity contribution >= 4 is 40.6 Å². The number of aromatic nitrogens is 3. The number of carbonyl (C=O) groups excluding carboxylic acids is 1. The fraction of sp³-hybridized carbons (Fsp3) is 0.208. The van der Waals surface area contributed by atoms with E-state index in [0.717, 1.165) is 21.9 Å². The summed E-state index contributed by atoms with van der Waals surface area (Å²) in [6.45, 7) is 4.91. The number of thiophene rings is 1. The van der Waals surface area contributed by atoms with Crippen LogP contribution >= 0.6 is 34.7 Å². The molecule has 2 aromatic carbocycles. The summed E-state index contributed by atoms with van der Waals surface area (Å²) in [5.74, 6) is 1.33. The first-order valence-electron chi connectivity index (χ1n) is 10.5. The summed E-state index contributed by atoms with van der Waals surface area (Å²) >= 11 is 9.44. The van der Waals surface area contributed by atoms with Gasteiger partial charge in [0.1, 0.15) is 5.75 Å². The normalized spacial score (nSPS) is 11.8. The van der Waals surface area contributed by atoms with Gasteiger partial charge < -0.3 is 10.1 Å². The van der Waals surface area contributed by atoms with Gasteiger partial charge in [0.25, 0.3) is 0 Å². The van der Waals surface area contributed by atoms with E-state index in [4.69, 9.17) is 16.3 Å². The second-order valence-electron chi connectivity index (χ2n) is 7.11. The molecule has 1 N–H and O–H groups in total. The van der Waals surface area contributed by atoms with Crippen molar-refractivity contribution in [2.24, 2.45) is 0 Å². The van der Waals surface area contributed by atoms with Crippen LogP contribution in [0.25, 0.3) is 17.1 Å². The van der Waals surface area contributed by atoms with Crippen molar-refractivity contribution in [1.82, 2.24) is 20.1 Å². The molecule has 0 saturated carbocycles. The third-order valence-electron chi connectivity index (χ3n) is 4.82. The molecule has 4 rings (SSSR count). The molecule has 2 heterocycles. The first-order chi connectivity index (χ1) is 16.1. The van der Waals surface area contributed by atoms with Crippen molar-refractivity contribution in [1.29, 1.82) is 0 Å². The van der Waals surface area contributed by atoms with Crippen molar-refractivity contribution in [3.63, 3.8) is 0 Å². The number of hydrogen-bond acceptors (Lipinski definition) is 6. The molecule has 0 saturated heterocycles. The Morgan fingerprint density at radius 3 is 2.64 bits per heavy atom. The number of carbonyl (C=O) groups is 1. The molecule has 0 bridgehead atoms. The number of benzene rings is 2. The van der Waals surface area contributed by atoms with Crippen LogP contribution in [0.1, 0.15) is 18.7 Å². The third kappa shape index (κ3) is 5.58. The van der Waals surface area contributed by atoms with Gasteiger partial charge in [0.2, 0.25) is 5.91 Å².